The lowest BCUT2D eigenvalue weighted by atomic mass is 9.72. The van der Waals surface area contributed by atoms with Crippen LogP contribution in [-0.4, -0.2) is 25.5 Å². The molecule has 0 unspecified atom stereocenters. The van der Waals surface area contributed by atoms with Crippen molar-refractivity contribution in [3.8, 4) is 0 Å². The topological polar surface area (TPSA) is 50.9 Å². The highest BCUT2D eigenvalue weighted by atomic mass is 16.3. The number of hydrogen-bond acceptors (Lipinski definition) is 3. The third-order valence-corrected chi connectivity index (χ3v) is 5.16. The summed E-state index contributed by atoms with van der Waals surface area (Å²) in [6, 6.07) is 10.4. The highest BCUT2D eigenvalue weighted by Gasteiger charge is 2.54. The first-order valence-corrected chi connectivity index (χ1v) is 7.60. The molecule has 3 rings (SSSR count). The summed E-state index contributed by atoms with van der Waals surface area (Å²) >= 11 is 0. The zero-order chi connectivity index (χ0) is 14.9. The molecular weight excluding hydrogens is 262 g/mol. The smallest absolute Gasteiger partial charge is 0.137 e. The van der Waals surface area contributed by atoms with Gasteiger partial charge in [-0.3, -0.25) is 4.68 Å². The lowest BCUT2D eigenvalue weighted by Crippen LogP contribution is -2.49. The Morgan fingerprint density at radius 3 is 2.71 bits per heavy atom. The molecule has 1 aliphatic rings. The predicted molar refractivity (Wildman–Crippen MR) is 81.6 cm³/mol. The molecule has 0 bridgehead atoms. The maximum atomic E-state index is 11.4. The highest BCUT2D eigenvalue weighted by Crippen LogP contribution is 2.51. The van der Waals surface area contributed by atoms with Crippen molar-refractivity contribution >= 4 is 0 Å². The fourth-order valence-electron chi connectivity index (χ4n) is 3.62. The van der Waals surface area contributed by atoms with Crippen molar-refractivity contribution in [2.24, 2.45) is 11.3 Å². The third-order valence-electron chi connectivity index (χ3n) is 5.16. The summed E-state index contributed by atoms with van der Waals surface area (Å²) < 4.78 is 1.76. The van der Waals surface area contributed by atoms with E-state index in [0.717, 1.165) is 19.3 Å². The maximum absolute atomic E-state index is 11.4. The van der Waals surface area contributed by atoms with Crippen LogP contribution in [-0.2, 0) is 13.0 Å². The van der Waals surface area contributed by atoms with Crippen LogP contribution in [0.5, 0.6) is 0 Å². The molecule has 1 aromatic carbocycles. The molecule has 2 aromatic rings. The lowest BCUT2D eigenvalue weighted by Gasteiger charge is -2.40. The molecule has 21 heavy (non-hydrogen) atoms. The second kappa shape index (κ2) is 5.26. The average molecular weight is 285 g/mol. The van der Waals surface area contributed by atoms with Crippen molar-refractivity contribution in [3.05, 3.63) is 48.5 Å². The van der Waals surface area contributed by atoms with Crippen LogP contribution in [0.3, 0.4) is 0 Å². The van der Waals surface area contributed by atoms with Crippen molar-refractivity contribution in [2.75, 3.05) is 0 Å². The number of rotatable bonds is 4. The minimum Gasteiger partial charge on any atom is -0.387 e. The van der Waals surface area contributed by atoms with Gasteiger partial charge in [-0.2, -0.15) is 5.10 Å². The summed E-state index contributed by atoms with van der Waals surface area (Å²) in [7, 11) is 0. The van der Waals surface area contributed by atoms with Crippen molar-refractivity contribution in [1.29, 1.82) is 0 Å². The average Bonchev–Trinajstić information content (AvgIpc) is 3.03. The zero-order valence-electron chi connectivity index (χ0n) is 12.7. The minimum absolute atomic E-state index is 0.113. The molecule has 1 N–H and O–H groups in total. The number of hydrogen-bond donors (Lipinski definition) is 1. The summed E-state index contributed by atoms with van der Waals surface area (Å²) in [5.41, 5.74) is 0.423. The normalized spacial score (nSPS) is 27.9. The summed E-state index contributed by atoms with van der Waals surface area (Å²) in [6.45, 7) is 4.83. The molecule has 0 amide bonds. The van der Waals surface area contributed by atoms with E-state index in [4.69, 9.17) is 0 Å². The maximum Gasteiger partial charge on any atom is 0.137 e. The first-order valence-electron chi connectivity index (χ1n) is 7.60. The predicted octanol–water partition coefficient (Wildman–Crippen LogP) is 2.69. The van der Waals surface area contributed by atoms with E-state index in [1.54, 1.807) is 11.0 Å². The molecule has 0 spiro atoms. The molecule has 1 fully saturated rings. The summed E-state index contributed by atoms with van der Waals surface area (Å²) in [6.07, 6.45) is 6.21. The Balaban J connectivity index is 1.85. The van der Waals surface area contributed by atoms with Crippen LogP contribution < -0.4 is 0 Å². The molecule has 0 saturated heterocycles. The van der Waals surface area contributed by atoms with Gasteiger partial charge in [0.25, 0.3) is 0 Å². The number of aliphatic hydroxyl groups is 1. The van der Waals surface area contributed by atoms with E-state index in [9.17, 15) is 5.11 Å². The number of benzene rings is 1. The van der Waals surface area contributed by atoms with Crippen LogP contribution in [0.2, 0.25) is 0 Å². The van der Waals surface area contributed by atoms with Gasteiger partial charge in [0.1, 0.15) is 12.7 Å². The summed E-state index contributed by atoms with van der Waals surface area (Å²) in [4.78, 5) is 3.99. The van der Waals surface area contributed by atoms with Crippen molar-refractivity contribution in [2.45, 2.75) is 45.3 Å². The van der Waals surface area contributed by atoms with Gasteiger partial charge in [-0.15, -0.1) is 0 Å². The molecular formula is C17H23N3O. The Hall–Kier alpha value is -1.68. The molecule has 4 nitrogen and oxygen atoms in total. The van der Waals surface area contributed by atoms with E-state index < -0.39 is 5.60 Å². The first kappa shape index (κ1) is 14.3. The molecule has 0 aliphatic heterocycles. The Labute approximate surface area is 125 Å². The van der Waals surface area contributed by atoms with Gasteiger partial charge in [0, 0.05) is 0 Å². The van der Waals surface area contributed by atoms with Crippen LogP contribution in [0, 0.1) is 11.3 Å². The van der Waals surface area contributed by atoms with Crippen molar-refractivity contribution in [1.82, 2.24) is 14.8 Å². The van der Waals surface area contributed by atoms with E-state index in [2.05, 4.69) is 48.2 Å². The molecule has 1 saturated carbocycles. The van der Waals surface area contributed by atoms with E-state index >= 15 is 0 Å². The Morgan fingerprint density at radius 1 is 1.29 bits per heavy atom. The lowest BCUT2D eigenvalue weighted by molar-refractivity contribution is -0.0907. The van der Waals surface area contributed by atoms with Gasteiger partial charge < -0.3 is 5.11 Å². The van der Waals surface area contributed by atoms with Crippen molar-refractivity contribution in [3.63, 3.8) is 0 Å². The van der Waals surface area contributed by atoms with Gasteiger partial charge in [-0.1, -0.05) is 44.2 Å². The van der Waals surface area contributed by atoms with Gasteiger partial charge in [-0.25, -0.2) is 4.98 Å². The van der Waals surface area contributed by atoms with E-state index in [1.165, 1.54) is 11.9 Å². The van der Waals surface area contributed by atoms with Crippen LogP contribution in [0.4, 0.5) is 0 Å². The van der Waals surface area contributed by atoms with E-state index in [0.29, 0.717) is 6.54 Å². The second-order valence-corrected chi connectivity index (χ2v) is 6.83. The SMILES string of the molecule is CC1(C)CC[C@H](Cc2ccccc2)[C@@]1(O)Cn1cncn1. The molecule has 2 atom stereocenters. The largest absolute Gasteiger partial charge is 0.387 e. The number of nitrogens with zero attached hydrogens (tertiary/aromatic N) is 3. The molecule has 112 valence electrons. The monoisotopic (exact) mass is 285 g/mol. The molecule has 1 aliphatic carbocycles. The Morgan fingerprint density at radius 2 is 2.05 bits per heavy atom. The first-order chi connectivity index (χ1) is 10.0. The Kier molecular flexibility index (Phi) is 3.57. The number of aromatic nitrogens is 3. The highest BCUT2D eigenvalue weighted by molar-refractivity contribution is 5.18. The van der Waals surface area contributed by atoms with E-state index in [1.807, 2.05) is 6.07 Å². The van der Waals surface area contributed by atoms with Crippen molar-refractivity contribution < 1.29 is 5.11 Å². The third kappa shape index (κ3) is 2.60. The van der Waals surface area contributed by atoms with Crippen LogP contribution in [0.1, 0.15) is 32.3 Å². The quantitative estimate of drug-likeness (QED) is 0.939. The molecule has 4 heteroatoms. The van der Waals surface area contributed by atoms with Gasteiger partial charge in [0.15, 0.2) is 0 Å². The zero-order valence-corrected chi connectivity index (χ0v) is 12.7. The van der Waals surface area contributed by atoms with Gasteiger partial charge in [0.05, 0.1) is 12.1 Å². The molecule has 1 heterocycles. The second-order valence-electron chi connectivity index (χ2n) is 6.83. The minimum atomic E-state index is -0.753. The molecule has 0 radical (unpaired) electrons. The van der Waals surface area contributed by atoms with Crippen LogP contribution in [0.25, 0.3) is 0 Å². The fourth-order valence-corrected chi connectivity index (χ4v) is 3.62. The van der Waals surface area contributed by atoms with Gasteiger partial charge in [0.2, 0.25) is 0 Å². The Bertz CT molecular complexity index is 579. The fraction of sp³-hybridized carbons (Fsp3) is 0.529. The van der Waals surface area contributed by atoms with Gasteiger partial charge >= 0.3 is 0 Å². The summed E-state index contributed by atoms with van der Waals surface area (Å²) in [5.74, 6) is 0.249. The summed E-state index contributed by atoms with van der Waals surface area (Å²) in [5, 5.41) is 15.6. The van der Waals surface area contributed by atoms with Crippen LogP contribution >= 0.6 is 0 Å². The molecule has 1 aromatic heterocycles. The van der Waals surface area contributed by atoms with Crippen LogP contribution in [0.15, 0.2) is 43.0 Å². The van der Waals surface area contributed by atoms with E-state index in [-0.39, 0.29) is 11.3 Å². The standard InChI is InChI=1S/C17H23N3O/c1-16(2)9-8-15(10-14-6-4-3-5-7-14)17(16,21)11-20-13-18-12-19-20/h3-7,12-13,15,21H,8-11H2,1-2H3/t15-,17+/m1/s1. The van der Waals surface area contributed by atoms with Gasteiger partial charge in [-0.05, 0) is 36.2 Å².